The summed E-state index contributed by atoms with van der Waals surface area (Å²) in [6.45, 7) is 0. The molecule has 50 heavy (non-hydrogen) atoms. The molecular formula is C38H27ClF2IN3O5. The molecule has 2 heterocycles. The number of fused-ring (bicyclic) bond motifs is 4. The molecule has 2 aliphatic heterocycles. The van der Waals surface area contributed by atoms with Crippen LogP contribution >= 0.6 is 34.2 Å². The summed E-state index contributed by atoms with van der Waals surface area (Å²) in [7, 11) is 0. The van der Waals surface area contributed by atoms with Crippen LogP contribution in [-0.4, -0.2) is 33.7 Å². The number of benzene rings is 4. The standard InChI is InChI=1S/C38H27ClF2IN3O5/c39-21-4-2-20(3-5-21)38-29(35(48)45(37(38)50)43-24-10-6-22(40)7-11-24)18-28-26(33(38)19-1-16-31(46)30(41)17-19)14-15-27-32(28)36(49)44(34(27)47)25-12-8-23(42)9-13-25/h1-14,16-17,27-29,32-33,43,46H,15,18H2. The monoisotopic (exact) mass is 805 g/mol. The molecule has 4 amide bonds. The summed E-state index contributed by atoms with van der Waals surface area (Å²) in [4.78, 5) is 59.2. The van der Waals surface area contributed by atoms with Crippen LogP contribution in [0.1, 0.15) is 29.9 Å². The minimum absolute atomic E-state index is 0.0401. The molecule has 8 rings (SSSR count). The molecule has 0 spiro atoms. The van der Waals surface area contributed by atoms with Crippen LogP contribution in [0.3, 0.4) is 0 Å². The van der Waals surface area contributed by atoms with Crippen LogP contribution in [0.4, 0.5) is 20.2 Å². The highest BCUT2D eigenvalue weighted by molar-refractivity contribution is 14.1. The van der Waals surface area contributed by atoms with Crippen LogP contribution in [-0.2, 0) is 24.6 Å². The predicted molar refractivity (Wildman–Crippen MR) is 189 cm³/mol. The maximum absolute atomic E-state index is 15.3. The minimum atomic E-state index is -1.66. The Morgan fingerprint density at radius 3 is 2.22 bits per heavy atom. The summed E-state index contributed by atoms with van der Waals surface area (Å²) in [5, 5.41) is 11.5. The molecule has 12 heteroatoms. The average molecular weight is 806 g/mol. The van der Waals surface area contributed by atoms with E-state index in [-0.39, 0.29) is 24.4 Å². The number of phenolic OH excluding ortho intramolecular Hbond substituents is 1. The van der Waals surface area contributed by atoms with Gasteiger partial charge in [0.25, 0.3) is 11.8 Å². The van der Waals surface area contributed by atoms with Crippen LogP contribution in [0.25, 0.3) is 0 Å². The molecule has 4 aromatic carbocycles. The van der Waals surface area contributed by atoms with Gasteiger partial charge in [0, 0.05) is 14.5 Å². The van der Waals surface area contributed by atoms with Crippen LogP contribution in [0.5, 0.6) is 5.75 Å². The molecule has 2 aliphatic carbocycles. The Morgan fingerprint density at radius 2 is 1.54 bits per heavy atom. The van der Waals surface area contributed by atoms with Gasteiger partial charge in [-0.15, -0.1) is 0 Å². The highest BCUT2D eigenvalue weighted by atomic mass is 127. The Kier molecular flexibility index (Phi) is 7.83. The summed E-state index contributed by atoms with van der Waals surface area (Å²) >= 11 is 8.45. The maximum atomic E-state index is 15.3. The zero-order valence-corrected chi connectivity index (χ0v) is 28.9. The van der Waals surface area contributed by atoms with Crippen LogP contribution in [0.2, 0.25) is 5.02 Å². The fourth-order valence-electron chi connectivity index (χ4n) is 8.58. The number of halogens is 4. The van der Waals surface area contributed by atoms with Gasteiger partial charge in [-0.1, -0.05) is 41.4 Å². The third kappa shape index (κ3) is 4.80. The van der Waals surface area contributed by atoms with Gasteiger partial charge in [0.05, 0.1) is 34.5 Å². The summed E-state index contributed by atoms with van der Waals surface area (Å²) in [6.07, 6.45) is 2.10. The van der Waals surface area contributed by atoms with Gasteiger partial charge in [0.2, 0.25) is 11.8 Å². The summed E-state index contributed by atoms with van der Waals surface area (Å²) in [5.74, 6) is -8.24. The predicted octanol–water partition coefficient (Wildman–Crippen LogP) is 7.12. The van der Waals surface area contributed by atoms with Crippen molar-refractivity contribution in [2.45, 2.75) is 24.2 Å². The lowest BCUT2D eigenvalue weighted by atomic mass is 9.49. The zero-order chi connectivity index (χ0) is 35.1. The Bertz CT molecular complexity index is 2130. The average Bonchev–Trinajstić information content (AvgIpc) is 3.48. The van der Waals surface area contributed by atoms with Crippen molar-refractivity contribution in [3.05, 3.63) is 134 Å². The van der Waals surface area contributed by atoms with Crippen molar-refractivity contribution >= 4 is 69.2 Å². The lowest BCUT2D eigenvalue weighted by Crippen LogP contribution is -2.53. The molecular weight excluding hydrogens is 779 g/mol. The van der Waals surface area contributed by atoms with E-state index >= 15 is 9.18 Å². The second-order valence-corrected chi connectivity index (χ2v) is 14.8. The van der Waals surface area contributed by atoms with E-state index in [9.17, 15) is 23.9 Å². The lowest BCUT2D eigenvalue weighted by Gasteiger charge is -2.50. The second kappa shape index (κ2) is 12.0. The summed E-state index contributed by atoms with van der Waals surface area (Å²) in [6, 6.07) is 22.7. The fourth-order valence-corrected chi connectivity index (χ4v) is 9.06. The first-order chi connectivity index (χ1) is 24.0. The van der Waals surface area contributed by atoms with Gasteiger partial charge in [0.15, 0.2) is 11.6 Å². The number of rotatable bonds is 5. The van der Waals surface area contributed by atoms with E-state index in [2.05, 4.69) is 28.0 Å². The molecule has 6 atom stereocenters. The van der Waals surface area contributed by atoms with Crippen molar-refractivity contribution in [3.63, 3.8) is 0 Å². The first kappa shape index (κ1) is 32.6. The number of imide groups is 2. The SMILES string of the molecule is O=C1C2CC3C(=CCC4C(=O)N(c5ccc(I)cc5)C(=O)C43)C(c3ccc(O)c(F)c3)C2(c2ccc(Cl)cc2)C(=O)N1Nc1ccc(F)cc1. The number of hydrogen-bond acceptors (Lipinski definition) is 6. The Labute approximate surface area is 303 Å². The molecule has 1 saturated carbocycles. The van der Waals surface area contributed by atoms with E-state index in [0.29, 0.717) is 27.4 Å². The molecule has 0 aromatic heterocycles. The van der Waals surface area contributed by atoms with Gasteiger partial charge in [-0.3, -0.25) is 29.5 Å². The number of nitrogens with one attached hydrogen (secondary N) is 1. The van der Waals surface area contributed by atoms with Crippen molar-refractivity contribution in [3.8, 4) is 5.75 Å². The molecule has 0 radical (unpaired) electrons. The number of hydrogen-bond donors (Lipinski definition) is 2. The first-order valence-corrected chi connectivity index (χ1v) is 17.4. The highest BCUT2D eigenvalue weighted by Crippen LogP contribution is 2.64. The number of carbonyl (C=O) groups is 4. The molecule has 4 aromatic rings. The fraction of sp³-hybridized carbons (Fsp3) is 0.211. The highest BCUT2D eigenvalue weighted by Gasteiger charge is 2.70. The van der Waals surface area contributed by atoms with Gasteiger partial charge >= 0.3 is 0 Å². The minimum Gasteiger partial charge on any atom is -0.505 e. The molecule has 8 nitrogen and oxygen atoms in total. The number of carbonyl (C=O) groups excluding carboxylic acids is 4. The quantitative estimate of drug-likeness (QED) is 0.127. The summed E-state index contributed by atoms with van der Waals surface area (Å²) in [5.41, 5.74) is 3.34. The Morgan fingerprint density at radius 1 is 0.840 bits per heavy atom. The molecule has 252 valence electrons. The van der Waals surface area contributed by atoms with Gasteiger partial charge < -0.3 is 5.11 Å². The van der Waals surface area contributed by atoms with Crippen molar-refractivity contribution < 1.29 is 33.1 Å². The van der Waals surface area contributed by atoms with Crippen LogP contribution in [0, 0.1) is 38.9 Å². The van der Waals surface area contributed by atoms with E-state index in [1.54, 1.807) is 36.4 Å². The molecule has 0 bridgehead atoms. The van der Waals surface area contributed by atoms with Gasteiger partial charge in [-0.05, 0) is 125 Å². The number of phenols is 1. The van der Waals surface area contributed by atoms with Crippen molar-refractivity contribution in [1.82, 2.24) is 5.01 Å². The smallest absolute Gasteiger partial charge is 0.260 e. The van der Waals surface area contributed by atoms with E-state index in [0.717, 1.165) is 14.6 Å². The van der Waals surface area contributed by atoms with Crippen LogP contribution in [0.15, 0.2) is 103 Å². The normalized spacial score (nSPS) is 27.2. The molecule has 4 aliphatic rings. The lowest BCUT2D eigenvalue weighted by molar-refractivity contribution is -0.138. The Hall–Kier alpha value is -4.62. The number of nitrogens with zero attached hydrogens (tertiary/aromatic N) is 2. The first-order valence-electron chi connectivity index (χ1n) is 16.0. The van der Waals surface area contributed by atoms with E-state index in [4.69, 9.17) is 11.6 Å². The van der Waals surface area contributed by atoms with E-state index in [1.807, 2.05) is 18.2 Å². The number of aromatic hydroxyl groups is 1. The summed E-state index contributed by atoms with van der Waals surface area (Å²) < 4.78 is 30.0. The van der Waals surface area contributed by atoms with Gasteiger partial charge in [-0.2, -0.15) is 5.01 Å². The molecule has 2 N–H and O–H groups in total. The second-order valence-electron chi connectivity index (χ2n) is 13.1. The van der Waals surface area contributed by atoms with E-state index < -0.39 is 70.1 Å². The molecule has 3 fully saturated rings. The number of amides is 4. The molecule has 2 saturated heterocycles. The third-order valence-corrected chi connectivity index (χ3v) is 11.6. The van der Waals surface area contributed by atoms with Crippen LogP contribution < -0.4 is 10.3 Å². The van der Waals surface area contributed by atoms with Gasteiger partial charge in [-0.25, -0.2) is 8.78 Å². The largest absolute Gasteiger partial charge is 0.505 e. The topological polar surface area (TPSA) is 107 Å². The molecule has 6 unspecified atom stereocenters. The van der Waals surface area contributed by atoms with Crippen molar-refractivity contribution in [2.75, 3.05) is 10.3 Å². The maximum Gasteiger partial charge on any atom is 0.260 e. The zero-order valence-electron chi connectivity index (χ0n) is 26.0. The van der Waals surface area contributed by atoms with E-state index in [1.165, 1.54) is 41.3 Å². The number of hydrazine groups is 1. The van der Waals surface area contributed by atoms with Crippen molar-refractivity contribution in [2.24, 2.45) is 23.7 Å². The van der Waals surface area contributed by atoms with Crippen molar-refractivity contribution in [1.29, 1.82) is 0 Å². The third-order valence-electron chi connectivity index (χ3n) is 10.6. The number of allylic oxidation sites excluding steroid dienone is 2. The number of anilines is 2. The van der Waals surface area contributed by atoms with Gasteiger partial charge in [0.1, 0.15) is 5.82 Å². The Balaban J connectivity index is 1.32.